The van der Waals surface area contributed by atoms with Gasteiger partial charge in [0.15, 0.2) is 5.65 Å². The molecule has 0 aromatic carbocycles. The maximum absolute atomic E-state index is 6.51. The summed E-state index contributed by atoms with van der Waals surface area (Å²) in [6.07, 6.45) is 9.75. The van der Waals surface area contributed by atoms with Crippen molar-refractivity contribution in [1.82, 2.24) is 19.6 Å². The molecule has 0 atom stereocenters. The van der Waals surface area contributed by atoms with Crippen LogP contribution in [0.15, 0.2) is 30.7 Å². The van der Waals surface area contributed by atoms with Gasteiger partial charge in [-0.25, -0.2) is 9.50 Å². The zero-order valence-electron chi connectivity index (χ0n) is 10.9. The third-order valence-corrected chi connectivity index (χ3v) is 4.24. The van der Waals surface area contributed by atoms with Crippen LogP contribution in [0.5, 0.6) is 0 Å². The zero-order valence-corrected chi connectivity index (χ0v) is 11.6. The number of aryl methyl sites for hydroxylation is 1. The highest BCUT2D eigenvalue weighted by molar-refractivity contribution is 6.30. The van der Waals surface area contributed by atoms with Crippen LogP contribution in [-0.2, 0) is 12.8 Å². The van der Waals surface area contributed by atoms with E-state index < -0.39 is 0 Å². The lowest BCUT2D eigenvalue weighted by Crippen LogP contribution is -2.10. The van der Waals surface area contributed by atoms with Gasteiger partial charge >= 0.3 is 0 Å². The van der Waals surface area contributed by atoms with Gasteiger partial charge in [-0.3, -0.25) is 4.98 Å². The van der Waals surface area contributed by atoms with Gasteiger partial charge in [0.1, 0.15) is 5.15 Å². The summed E-state index contributed by atoms with van der Waals surface area (Å²) in [4.78, 5) is 8.86. The Morgan fingerprint density at radius 3 is 2.75 bits per heavy atom. The van der Waals surface area contributed by atoms with Crippen molar-refractivity contribution in [2.75, 3.05) is 0 Å². The highest BCUT2D eigenvalue weighted by Crippen LogP contribution is 2.31. The van der Waals surface area contributed by atoms with Gasteiger partial charge in [0, 0.05) is 29.2 Å². The number of aromatic nitrogens is 4. The Hall–Kier alpha value is -1.94. The predicted molar refractivity (Wildman–Crippen MR) is 77.9 cm³/mol. The number of hydrogen-bond donors (Lipinski definition) is 0. The minimum Gasteiger partial charge on any atom is -0.265 e. The van der Waals surface area contributed by atoms with Crippen molar-refractivity contribution >= 4 is 17.2 Å². The fourth-order valence-corrected chi connectivity index (χ4v) is 3.15. The Morgan fingerprint density at radius 2 is 1.90 bits per heavy atom. The van der Waals surface area contributed by atoms with E-state index in [9.17, 15) is 0 Å². The summed E-state index contributed by atoms with van der Waals surface area (Å²) in [7, 11) is 0. The number of hydrogen-bond acceptors (Lipinski definition) is 3. The normalized spacial score (nSPS) is 14.4. The molecule has 0 saturated carbocycles. The van der Waals surface area contributed by atoms with E-state index in [1.54, 1.807) is 16.9 Å². The van der Waals surface area contributed by atoms with E-state index in [0.717, 1.165) is 40.9 Å². The highest BCUT2D eigenvalue weighted by atomic mass is 35.5. The summed E-state index contributed by atoms with van der Waals surface area (Å²) in [6.45, 7) is 0. The fourth-order valence-electron chi connectivity index (χ4n) is 2.82. The van der Waals surface area contributed by atoms with Crippen LogP contribution < -0.4 is 0 Å². The summed E-state index contributed by atoms with van der Waals surface area (Å²) in [5.41, 5.74) is 5.19. The Labute approximate surface area is 121 Å². The van der Waals surface area contributed by atoms with Crippen LogP contribution in [0.1, 0.15) is 24.1 Å². The van der Waals surface area contributed by atoms with Gasteiger partial charge in [0.2, 0.25) is 0 Å². The molecule has 5 heteroatoms. The summed E-state index contributed by atoms with van der Waals surface area (Å²) in [5, 5.41) is 5.12. The highest BCUT2D eigenvalue weighted by Gasteiger charge is 2.19. The van der Waals surface area contributed by atoms with Crippen LogP contribution in [0.3, 0.4) is 0 Å². The molecule has 3 aromatic heterocycles. The lowest BCUT2D eigenvalue weighted by Gasteiger charge is -2.16. The topological polar surface area (TPSA) is 43.1 Å². The lowest BCUT2D eigenvalue weighted by molar-refractivity contribution is 0.660. The third kappa shape index (κ3) is 1.72. The Bertz CT molecular complexity index is 779. The predicted octanol–water partition coefficient (Wildman–Crippen LogP) is 3.32. The molecule has 0 fully saturated rings. The molecule has 0 bridgehead atoms. The molecule has 0 saturated heterocycles. The Balaban J connectivity index is 1.99. The van der Waals surface area contributed by atoms with Crippen LogP contribution in [0.2, 0.25) is 5.15 Å². The Kier molecular flexibility index (Phi) is 2.70. The zero-order chi connectivity index (χ0) is 13.5. The second kappa shape index (κ2) is 4.56. The van der Waals surface area contributed by atoms with E-state index in [0.29, 0.717) is 5.15 Å². The van der Waals surface area contributed by atoms with Gasteiger partial charge in [-0.1, -0.05) is 11.6 Å². The largest absolute Gasteiger partial charge is 0.265 e. The average molecular weight is 285 g/mol. The summed E-state index contributed by atoms with van der Waals surface area (Å²) < 4.78 is 1.75. The molecule has 1 aliphatic carbocycles. The van der Waals surface area contributed by atoms with Crippen LogP contribution in [0.25, 0.3) is 16.8 Å². The molecule has 1 aliphatic rings. The van der Waals surface area contributed by atoms with Crippen molar-refractivity contribution in [2.45, 2.75) is 25.7 Å². The van der Waals surface area contributed by atoms with Gasteiger partial charge in [-0.05, 0) is 43.4 Å². The van der Waals surface area contributed by atoms with E-state index in [2.05, 4.69) is 10.1 Å². The van der Waals surface area contributed by atoms with E-state index in [-0.39, 0.29) is 0 Å². The number of pyridine rings is 1. The SMILES string of the molecule is Clc1c2c(nc3c(-c4ccncc4)cnn13)CCCC2. The first-order chi connectivity index (χ1) is 9.84. The molecule has 100 valence electrons. The van der Waals surface area contributed by atoms with Gasteiger partial charge < -0.3 is 0 Å². The van der Waals surface area contributed by atoms with Gasteiger partial charge in [-0.2, -0.15) is 5.10 Å². The standard InChI is InChI=1S/C15H13ClN4/c16-14-11-3-1-2-4-13(11)19-15-12(9-18-20(14)15)10-5-7-17-8-6-10/h5-9H,1-4H2. The fraction of sp³-hybridized carbons (Fsp3) is 0.267. The number of nitrogens with zero attached hydrogens (tertiary/aromatic N) is 4. The molecule has 0 spiro atoms. The molecule has 4 nitrogen and oxygen atoms in total. The lowest BCUT2D eigenvalue weighted by atomic mass is 9.97. The van der Waals surface area contributed by atoms with Crippen molar-refractivity contribution in [2.24, 2.45) is 0 Å². The first kappa shape index (κ1) is 11.9. The summed E-state index contributed by atoms with van der Waals surface area (Å²) in [5.74, 6) is 0. The molecule has 0 unspecified atom stereocenters. The van der Waals surface area contributed by atoms with Gasteiger partial charge in [0.05, 0.1) is 6.20 Å². The van der Waals surface area contributed by atoms with E-state index >= 15 is 0 Å². The second-order valence-corrected chi connectivity index (χ2v) is 5.42. The minimum atomic E-state index is 0.713. The Morgan fingerprint density at radius 1 is 1.10 bits per heavy atom. The van der Waals surface area contributed by atoms with Crippen molar-refractivity contribution in [1.29, 1.82) is 0 Å². The maximum Gasteiger partial charge on any atom is 0.164 e. The molecule has 3 aromatic rings. The van der Waals surface area contributed by atoms with Crippen molar-refractivity contribution in [3.05, 3.63) is 47.1 Å². The monoisotopic (exact) mass is 284 g/mol. The van der Waals surface area contributed by atoms with E-state index in [1.165, 1.54) is 12.8 Å². The van der Waals surface area contributed by atoms with Crippen LogP contribution in [0, 0.1) is 0 Å². The van der Waals surface area contributed by atoms with Crippen molar-refractivity contribution in [3.8, 4) is 11.1 Å². The quantitative estimate of drug-likeness (QED) is 0.644. The van der Waals surface area contributed by atoms with Gasteiger partial charge in [-0.15, -0.1) is 0 Å². The molecular formula is C15H13ClN4. The van der Waals surface area contributed by atoms with Crippen LogP contribution in [-0.4, -0.2) is 19.6 Å². The number of halogens is 1. The molecule has 0 aliphatic heterocycles. The van der Waals surface area contributed by atoms with Crippen LogP contribution in [0.4, 0.5) is 0 Å². The van der Waals surface area contributed by atoms with Crippen molar-refractivity contribution in [3.63, 3.8) is 0 Å². The van der Waals surface area contributed by atoms with Gasteiger partial charge in [0.25, 0.3) is 0 Å². The summed E-state index contributed by atoms with van der Waals surface area (Å²) >= 11 is 6.51. The molecule has 0 radical (unpaired) electrons. The first-order valence-corrected chi connectivity index (χ1v) is 7.18. The molecule has 0 amide bonds. The van der Waals surface area contributed by atoms with E-state index in [4.69, 9.17) is 16.6 Å². The maximum atomic E-state index is 6.51. The van der Waals surface area contributed by atoms with Crippen LogP contribution >= 0.6 is 11.6 Å². The molecular weight excluding hydrogens is 272 g/mol. The molecule has 0 N–H and O–H groups in total. The smallest absolute Gasteiger partial charge is 0.164 e. The average Bonchev–Trinajstić information content (AvgIpc) is 2.92. The van der Waals surface area contributed by atoms with Crippen molar-refractivity contribution < 1.29 is 0 Å². The van der Waals surface area contributed by atoms with E-state index in [1.807, 2.05) is 18.3 Å². The number of rotatable bonds is 1. The third-order valence-electron chi connectivity index (χ3n) is 3.85. The second-order valence-electron chi connectivity index (χ2n) is 5.06. The molecule has 3 heterocycles. The first-order valence-electron chi connectivity index (χ1n) is 6.80. The molecule has 4 rings (SSSR count). The minimum absolute atomic E-state index is 0.713. The number of fused-ring (bicyclic) bond motifs is 2. The summed E-state index contributed by atoms with van der Waals surface area (Å²) in [6, 6.07) is 3.93. The molecule has 20 heavy (non-hydrogen) atoms.